The maximum atomic E-state index is 13.3. The third-order valence-corrected chi connectivity index (χ3v) is 3.94. The van der Waals surface area contributed by atoms with Gasteiger partial charge in [-0.2, -0.15) is 5.10 Å². The van der Waals surface area contributed by atoms with E-state index in [-0.39, 0.29) is 11.3 Å². The summed E-state index contributed by atoms with van der Waals surface area (Å²) in [6.07, 6.45) is 3.31. The normalized spacial score (nSPS) is 10.6. The van der Waals surface area contributed by atoms with Gasteiger partial charge in [0.25, 0.3) is 0 Å². The summed E-state index contributed by atoms with van der Waals surface area (Å²) >= 11 is 12.5. The molecule has 0 bridgehead atoms. The Bertz CT molecular complexity index is 891. The van der Waals surface area contributed by atoms with Gasteiger partial charge in [-0.05, 0) is 35.9 Å². The monoisotopic (exact) mass is 365 g/mol. The minimum Gasteiger partial charge on any atom is -0.478 e. The SMILES string of the molecule is O=C(O)c1cc(F)ccc1Nc1c(Cl)cc(-c2cn[nH]c2)cc1Cl. The fourth-order valence-electron chi connectivity index (χ4n) is 2.21. The van der Waals surface area contributed by atoms with Crippen LogP contribution in [-0.2, 0) is 0 Å². The average Bonchev–Trinajstić information content (AvgIpc) is 3.06. The highest BCUT2D eigenvalue weighted by Gasteiger charge is 2.15. The van der Waals surface area contributed by atoms with E-state index in [2.05, 4.69) is 15.5 Å². The van der Waals surface area contributed by atoms with Crippen molar-refractivity contribution in [2.75, 3.05) is 5.32 Å². The number of carbonyl (C=O) groups is 1. The largest absolute Gasteiger partial charge is 0.478 e. The second kappa shape index (κ2) is 6.51. The molecule has 8 heteroatoms. The molecule has 0 saturated carbocycles. The number of benzene rings is 2. The Morgan fingerprint density at radius 2 is 1.88 bits per heavy atom. The molecule has 0 fully saturated rings. The van der Waals surface area contributed by atoms with Gasteiger partial charge >= 0.3 is 5.97 Å². The maximum absolute atomic E-state index is 13.3. The van der Waals surface area contributed by atoms with Crippen molar-refractivity contribution in [2.45, 2.75) is 0 Å². The van der Waals surface area contributed by atoms with Gasteiger partial charge in [-0.1, -0.05) is 23.2 Å². The number of halogens is 3. The fourth-order valence-corrected chi connectivity index (χ4v) is 2.79. The highest BCUT2D eigenvalue weighted by atomic mass is 35.5. The third-order valence-electron chi connectivity index (χ3n) is 3.35. The molecule has 122 valence electrons. The molecular formula is C16H10Cl2FN3O2. The average molecular weight is 366 g/mol. The zero-order valence-electron chi connectivity index (χ0n) is 12.0. The Morgan fingerprint density at radius 3 is 2.46 bits per heavy atom. The standard InChI is InChI=1S/C16H10Cl2FN3O2/c17-12-3-8(9-6-20-21-7-9)4-13(18)15(12)22-14-2-1-10(19)5-11(14)16(23)24/h1-7,22H,(H,20,21)(H,23,24). The molecule has 1 heterocycles. The molecule has 24 heavy (non-hydrogen) atoms. The quantitative estimate of drug-likeness (QED) is 0.610. The van der Waals surface area contributed by atoms with Gasteiger partial charge in [-0.3, -0.25) is 5.10 Å². The first-order valence-electron chi connectivity index (χ1n) is 6.74. The van der Waals surface area contributed by atoms with Crippen molar-refractivity contribution in [1.29, 1.82) is 0 Å². The van der Waals surface area contributed by atoms with Crippen LogP contribution in [0.25, 0.3) is 11.1 Å². The first kappa shape index (κ1) is 16.3. The number of carboxylic acid groups (broad SMARTS) is 1. The van der Waals surface area contributed by atoms with E-state index in [0.717, 1.165) is 23.3 Å². The van der Waals surface area contributed by atoms with Gasteiger partial charge in [0, 0.05) is 11.8 Å². The maximum Gasteiger partial charge on any atom is 0.337 e. The second-order valence-corrected chi connectivity index (χ2v) is 5.74. The number of rotatable bonds is 4. The molecule has 0 unspecified atom stereocenters. The van der Waals surface area contributed by atoms with E-state index in [4.69, 9.17) is 23.2 Å². The highest BCUT2D eigenvalue weighted by molar-refractivity contribution is 6.39. The van der Waals surface area contributed by atoms with Gasteiger partial charge < -0.3 is 10.4 Å². The van der Waals surface area contributed by atoms with Crippen LogP contribution in [0.15, 0.2) is 42.7 Å². The summed E-state index contributed by atoms with van der Waals surface area (Å²) in [6.45, 7) is 0. The predicted octanol–water partition coefficient (Wildman–Crippen LogP) is 4.96. The van der Waals surface area contributed by atoms with Crippen molar-refractivity contribution < 1.29 is 14.3 Å². The van der Waals surface area contributed by atoms with Gasteiger partial charge in [0.2, 0.25) is 0 Å². The smallest absolute Gasteiger partial charge is 0.337 e. The first-order valence-corrected chi connectivity index (χ1v) is 7.49. The molecule has 2 aromatic carbocycles. The number of carboxylic acids is 1. The lowest BCUT2D eigenvalue weighted by atomic mass is 10.1. The molecule has 0 atom stereocenters. The van der Waals surface area contributed by atoms with Crippen LogP contribution in [0.2, 0.25) is 10.0 Å². The van der Waals surface area contributed by atoms with Crippen molar-refractivity contribution in [3.8, 4) is 11.1 Å². The lowest BCUT2D eigenvalue weighted by Gasteiger charge is -2.14. The van der Waals surface area contributed by atoms with E-state index in [1.807, 2.05) is 0 Å². The van der Waals surface area contributed by atoms with Crippen LogP contribution < -0.4 is 5.32 Å². The molecule has 3 aromatic rings. The Kier molecular flexibility index (Phi) is 4.42. The molecule has 3 N–H and O–H groups in total. The van der Waals surface area contributed by atoms with Crippen molar-refractivity contribution in [3.63, 3.8) is 0 Å². The summed E-state index contributed by atoms with van der Waals surface area (Å²) in [5, 5.41) is 19.2. The van der Waals surface area contributed by atoms with E-state index in [1.54, 1.807) is 24.5 Å². The summed E-state index contributed by atoms with van der Waals surface area (Å²) in [5.41, 5.74) is 1.85. The molecule has 0 aliphatic heterocycles. The van der Waals surface area contributed by atoms with E-state index >= 15 is 0 Å². The number of hydrogen-bond acceptors (Lipinski definition) is 3. The van der Waals surface area contributed by atoms with Crippen molar-refractivity contribution >= 4 is 40.5 Å². The number of hydrogen-bond donors (Lipinski definition) is 3. The molecule has 1 aromatic heterocycles. The minimum atomic E-state index is -1.26. The Hall–Kier alpha value is -2.57. The van der Waals surface area contributed by atoms with Gasteiger partial charge in [0.1, 0.15) is 5.82 Å². The topological polar surface area (TPSA) is 78.0 Å². The van der Waals surface area contributed by atoms with Crippen molar-refractivity contribution in [2.24, 2.45) is 0 Å². The second-order valence-electron chi connectivity index (χ2n) is 4.92. The Morgan fingerprint density at radius 1 is 1.17 bits per heavy atom. The Labute approximate surface area is 146 Å². The number of H-pyrrole nitrogens is 1. The zero-order chi connectivity index (χ0) is 17.3. The lowest BCUT2D eigenvalue weighted by Crippen LogP contribution is -2.04. The van der Waals surface area contributed by atoms with Crippen LogP contribution >= 0.6 is 23.2 Å². The molecular weight excluding hydrogens is 356 g/mol. The van der Waals surface area contributed by atoms with Crippen LogP contribution in [0.1, 0.15) is 10.4 Å². The molecule has 0 amide bonds. The predicted molar refractivity (Wildman–Crippen MR) is 90.7 cm³/mol. The van der Waals surface area contributed by atoms with Crippen LogP contribution in [0, 0.1) is 5.82 Å². The summed E-state index contributed by atoms with van der Waals surface area (Å²) in [7, 11) is 0. The number of aromatic amines is 1. The third kappa shape index (κ3) is 3.20. The van der Waals surface area contributed by atoms with Crippen molar-refractivity contribution in [3.05, 3.63) is 64.2 Å². The molecule has 0 aliphatic carbocycles. The van der Waals surface area contributed by atoms with Crippen LogP contribution in [-0.4, -0.2) is 21.3 Å². The number of aromatic carboxylic acids is 1. The molecule has 5 nitrogen and oxygen atoms in total. The van der Waals surface area contributed by atoms with E-state index in [9.17, 15) is 14.3 Å². The number of aromatic nitrogens is 2. The first-order chi connectivity index (χ1) is 11.5. The van der Waals surface area contributed by atoms with Gasteiger partial charge in [-0.25, -0.2) is 9.18 Å². The van der Waals surface area contributed by atoms with E-state index < -0.39 is 11.8 Å². The molecule has 0 spiro atoms. The van der Waals surface area contributed by atoms with Crippen LogP contribution in [0.4, 0.5) is 15.8 Å². The summed E-state index contributed by atoms with van der Waals surface area (Å²) < 4.78 is 13.3. The van der Waals surface area contributed by atoms with Crippen LogP contribution in [0.5, 0.6) is 0 Å². The number of anilines is 2. The van der Waals surface area contributed by atoms with Gasteiger partial charge in [0.05, 0.1) is 33.2 Å². The van der Waals surface area contributed by atoms with E-state index in [1.165, 1.54) is 6.07 Å². The molecule has 0 saturated heterocycles. The van der Waals surface area contributed by atoms with Crippen LogP contribution in [0.3, 0.4) is 0 Å². The van der Waals surface area contributed by atoms with Crippen molar-refractivity contribution in [1.82, 2.24) is 10.2 Å². The van der Waals surface area contributed by atoms with E-state index in [0.29, 0.717) is 15.7 Å². The lowest BCUT2D eigenvalue weighted by molar-refractivity contribution is 0.0697. The highest BCUT2D eigenvalue weighted by Crippen LogP contribution is 2.37. The summed E-state index contributed by atoms with van der Waals surface area (Å²) in [4.78, 5) is 11.3. The molecule has 0 radical (unpaired) electrons. The number of nitrogens with one attached hydrogen (secondary N) is 2. The zero-order valence-corrected chi connectivity index (χ0v) is 13.5. The molecule has 3 rings (SSSR count). The molecule has 0 aliphatic rings. The van der Waals surface area contributed by atoms with Gasteiger partial charge in [0.15, 0.2) is 0 Å². The van der Waals surface area contributed by atoms with Gasteiger partial charge in [-0.15, -0.1) is 0 Å². The number of nitrogens with zero attached hydrogens (tertiary/aromatic N) is 1. The fraction of sp³-hybridized carbons (Fsp3) is 0. The Balaban J connectivity index is 2.01. The minimum absolute atomic E-state index is 0.184. The summed E-state index contributed by atoms with van der Waals surface area (Å²) in [5.74, 6) is -1.91. The summed E-state index contributed by atoms with van der Waals surface area (Å²) in [6, 6.07) is 6.73.